The van der Waals surface area contributed by atoms with Crippen molar-refractivity contribution in [3.63, 3.8) is 0 Å². The Morgan fingerprint density at radius 1 is 0.388 bits per heavy atom. The van der Waals surface area contributed by atoms with Crippen molar-refractivity contribution in [1.29, 1.82) is 0 Å². The lowest BCUT2D eigenvalue weighted by Gasteiger charge is -2.26. The number of fused-ring (bicyclic) bond motifs is 7. The fraction of sp³-hybridized carbons (Fsp3) is 0.0159. The molecule has 0 radical (unpaired) electrons. The molecule has 67 heavy (non-hydrogen) atoms. The standard InChI is InChI=1S/C63H41N3O/c1-4-17-40(18-5-1)45-23-16-24-46(37-45)56-39-55(42-19-6-2-7-20-42)65-63(66-56)50-36-35-47(48-25-10-11-26-49(48)50)41-31-33-43(34-32-41)59-60-51-27-12-14-29-54(51)64-62(44-21-8-3-9-22-44)53(60)38-58-61(59)52-28-13-15-30-57(52)67-58/h1-39,56H,(H,65,66). The van der Waals surface area contributed by atoms with Crippen molar-refractivity contribution < 1.29 is 4.42 Å². The monoisotopic (exact) mass is 855 g/mol. The van der Waals surface area contributed by atoms with Gasteiger partial charge in [0.05, 0.1) is 22.9 Å². The quantitative estimate of drug-likeness (QED) is 0.163. The third-order valence-electron chi connectivity index (χ3n) is 13.3. The number of hydrogen-bond donors (Lipinski definition) is 1. The number of furan rings is 1. The van der Waals surface area contributed by atoms with E-state index >= 15 is 0 Å². The molecule has 0 saturated carbocycles. The highest BCUT2D eigenvalue weighted by atomic mass is 16.3. The molecule has 0 saturated heterocycles. The number of benzene rings is 10. The molecule has 1 unspecified atom stereocenters. The first-order valence-corrected chi connectivity index (χ1v) is 22.8. The fourth-order valence-corrected chi connectivity index (χ4v) is 10.2. The first kappa shape index (κ1) is 38.6. The van der Waals surface area contributed by atoms with Crippen LogP contribution in [0.15, 0.2) is 246 Å². The summed E-state index contributed by atoms with van der Waals surface area (Å²) in [6.45, 7) is 0. The largest absolute Gasteiger partial charge is 0.456 e. The second-order valence-corrected chi connectivity index (χ2v) is 17.3. The van der Waals surface area contributed by atoms with Crippen LogP contribution in [0.1, 0.15) is 22.7 Å². The maximum Gasteiger partial charge on any atom is 0.136 e. The lowest BCUT2D eigenvalue weighted by molar-refractivity contribution is 0.669. The molecule has 12 aromatic rings. The van der Waals surface area contributed by atoms with Crippen LogP contribution in [-0.2, 0) is 0 Å². The van der Waals surface area contributed by atoms with E-state index in [1.807, 2.05) is 6.07 Å². The predicted molar refractivity (Wildman–Crippen MR) is 279 cm³/mol. The van der Waals surface area contributed by atoms with Gasteiger partial charge in [-0.05, 0) is 80.1 Å². The third kappa shape index (κ3) is 6.69. The molecule has 0 amide bonds. The molecule has 4 nitrogen and oxygen atoms in total. The summed E-state index contributed by atoms with van der Waals surface area (Å²) in [5, 5.41) is 11.7. The highest BCUT2D eigenvalue weighted by Gasteiger charge is 2.24. The van der Waals surface area contributed by atoms with Crippen LogP contribution in [0.2, 0.25) is 0 Å². The average Bonchev–Trinajstić information content (AvgIpc) is 3.78. The van der Waals surface area contributed by atoms with Crippen LogP contribution in [-0.4, -0.2) is 10.8 Å². The maximum atomic E-state index is 6.67. The Hall–Kier alpha value is -8.86. The van der Waals surface area contributed by atoms with E-state index in [1.165, 1.54) is 22.1 Å². The minimum Gasteiger partial charge on any atom is -0.456 e. The molecular weight excluding hydrogens is 815 g/mol. The van der Waals surface area contributed by atoms with E-state index in [9.17, 15) is 0 Å². The second-order valence-electron chi connectivity index (χ2n) is 17.3. The van der Waals surface area contributed by atoms with E-state index in [-0.39, 0.29) is 6.04 Å². The van der Waals surface area contributed by atoms with E-state index < -0.39 is 0 Å². The van der Waals surface area contributed by atoms with Gasteiger partial charge < -0.3 is 9.73 Å². The first-order chi connectivity index (χ1) is 33.2. The predicted octanol–water partition coefficient (Wildman–Crippen LogP) is 16.2. The van der Waals surface area contributed by atoms with E-state index in [4.69, 9.17) is 14.4 Å². The lowest BCUT2D eigenvalue weighted by atomic mass is 9.88. The number of rotatable bonds is 7. The summed E-state index contributed by atoms with van der Waals surface area (Å²) < 4.78 is 6.67. The zero-order valence-electron chi connectivity index (χ0n) is 36.4. The Morgan fingerprint density at radius 3 is 1.75 bits per heavy atom. The number of amidine groups is 1. The number of nitrogens with zero attached hydrogens (tertiary/aromatic N) is 2. The van der Waals surface area contributed by atoms with Crippen molar-refractivity contribution in [2.75, 3.05) is 0 Å². The minimum absolute atomic E-state index is 0.0955. The Morgan fingerprint density at radius 2 is 0.985 bits per heavy atom. The number of pyridine rings is 1. The molecule has 0 fully saturated rings. The molecule has 4 heteroatoms. The van der Waals surface area contributed by atoms with E-state index in [0.29, 0.717) is 0 Å². The molecule has 2 aromatic heterocycles. The van der Waals surface area contributed by atoms with Crippen LogP contribution < -0.4 is 5.32 Å². The van der Waals surface area contributed by atoms with Crippen LogP contribution in [0.5, 0.6) is 0 Å². The third-order valence-corrected chi connectivity index (χ3v) is 13.3. The smallest absolute Gasteiger partial charge is 0.136 e. The van der Waals surface area contributed by atoms with Crippen molar-refractivity contribution in [3.05, 3.63) is 253 Å². The molecule has 1 aliphatic heterocycles. The van der Waals surface area contributed by atoms with Crippen LogP contribution >= 0.6 is 0 Å². The number of hydrogen-bond acceptors (Lipinski definition) is 4. The Balaban J connectivity index is 0.947. The second kappa shape index (κ2) is 16.0. The van der Waals surface area contributed by atoms with Gasteiger partial charge in [0.25, 0.3) is 0 Å². The first-order valence-electron chi connectivity index (χ1n) is 22.8. The van der Waals surface area contributed by atoms with Crippen LogP contribution in [0.3, 0.4) is 0 Å². The molecule has 1 N–H and O–H groups in total. The number of para-hydroxylation sites is 2. The van der Waals surface area contributed by atoms with Crippen molar-refractivity contribution >= 4 is 65.9 Å². The number of aromatic nitrogens is 1. The molecular formula is C63H41N3O. The topological polar surface area (TPSA) is 50.4 Å². The van der Waals surface area contributed by atoms with Gasteiger partial charge in [-0.3, -0.25) is 0 Å². The van der Waals surface area contributed by atoms with E-state index in [2.05, 4.69) is 236 Å². The normalized spacial score (nSPS) is 13.8. The zero-order chi connectivity index (χ0) is 44.3. The van der Waals surface area contributed by atoms with Gasteiger partial charge in [-0.15, -0.1) is 0 Å². The van der Waals surface area contributed by atoms with Gasteiger partial charge >= 0.3 is 0 Å². The van der Waals surface area contributed by atoms with E-state index in [0.717, 1.165) is 105 Å². The molecule has 0 aliphatic carbocycles. The average molecular weight is 856 g/mol. The van der Waals surface area contributed by atoms with Crippen molar-refractivity contribution in [2.24, 2.45) is 4.99 Å². The molecule has 1 aliphatic rings. The molecule has 13 rings (SSSR count). The van der Waals surface area contributed by atoms with Crippen molar-refractivity contribution in [2.45, 2.75) is 6.04 Å². The summed E-state index contributed by atoms with van der Waals surface area (Å²) in [6, 6.07) is 81.7. The molecule has 3 heterocycles. The van der Waals surface area contributed by atoms with Crippen LogP contribution in [0.25, 0.3) is 105 Å². The van der Waals surface area contributed by atoms with Gasteiger partial charge in [-0.1, -0.05) is 206 Å². The number of aliphatic imine (C=N–C) groups is 1. The molecule has 0 spiro atoms. The van der Waals surface area contributed by atoms with Gasteiger partial charge in [-0.2, -0.15) is 0 Å². The Labute approximate surface area is 387 Å². The van der Waals surface area contributed by atoms with Gasteiger partial charge in [-0.25, -0.2) is 9.98 Å². The summed E-state index contributed by atoms with van der Waals surface area (Å²) in [6.07, 6.45) is 2.25. The van der Waals surface area contributed by atoms with Crippen molar-refractivity contribution in [1.82, 2.24) is 10.3 Å². The van der Waals surface area contributed by atoms with Gasteiger partial charge in [0.1, 0.15) is 17.0 Å². The summed E-state index contributed by atoms with van der Waals surface area (Å²) in [4.78, 5) is 10.6. The Bertz CT molecular complexity index is 3930. The van der Waals surface area contributed by atoms with Crippen LogP contribution in [0.4, 0.5) is 0 Å². The SMILES string of the molecule is C1=C(c2ccccc2)N=C(c2ccc(-c3ccc(-c4c5c(cc6c(-c7ccccc7)nc7ccccc7c46)oc4ccccc45)cc3)c3ccccc23)NC1c1cccc(-c2ccccc2)c1. The lowest BCUT2D eigenvalue weighted by Crippen LogP contribution is -2.31. The highest BCUT2D eigenvalue weighted by Crippen LogP contribution is 2.47. The molecule has 314 valence electrons. The number of nitrogens with one attached hydrogen (secondary N) is 1. The fourth-order valence-electron chi connectivity index (χ4n) is 10.2. The van der Waals surface area contributed by atoms with Crippen LogP contribution in [0, 0.1) is 0 Å². The Kier molecular flexibility index (Phi) is 9.21. The molecule has 10 aromatic carbocycles. The minimum atomic E-state index is -0.0955. The van der Waals surface area contributed by atoms with Crippen molar-refractivity contribution in [3.8, 4) is 44.6 Å². The summed E-state index contributed by atoms with van der Waals surface area (Å²) in [5.41, 5.74) is 15.9. The van der Waals surface area contributed by atoms with Gasteiger partial charge in [0.15, 0.2) is 0 Å². The summed E-state index contributed by atoms with van der Waals surface area (Å²) in [7, 11) is 0. The van der Waals surface area contributed by atoms with Gasteiger partial charge in [0, 0.05) is 43.6 Å². The molecule has 0 bridgehead atoms. The summed E-state index contributed by atoms with van der Waals surface area (Å²) >= 11 is 0. The highest BCUT2D eigenvalue weighted by molar-refractivity contribution is 6.28. The summed E-state index contributed by atoms with van der Waals surface area (Å²) in [5.74, 6) is 0.846. The van der Waals surface area contributed by atoms with Gasteiger partial charge in [0.2, 0.25) is 0 Å². The zero-order valence-corrected chi connectivity index (χ0v) is 36.4. The maximum absolute atomic E-state index is 6.67. The molecule has 1 atom stereocenters. The van der Waals surface area contributed by atoms with E-state index in [1.54, 1.807) is 0 Å².